The van der Waals surface area contributed by atoms with Crippen molar-refractivity contribution in [3.63, 3.8) is 0 Å². The van der Waals surface area contributed by atoms with Gasteiger partial charge in [-0.3, -0.25) is 14.4 Å². The second-order valence-electron chi connectivity index (χ2n) is 10.5. The summed E-state index contributed by atoms with van der Waals surface area (Å²) in [5.74, 6) is -2.71. The molecule has 0 saturated carbocycles. The second kappa shape index (κ2) is 12.9. The van der Waals surface area contributed by atoms with E-state index in [1.807, 2.05) is 6.92 Å². The van der Waals surface area contributed by atoms with Gasteiger partial charge in [0.25, 0.3) is 5.91 Å². The van der Waals surface area contributed by atoms with E-state index in [4.69, 9.17) is 39.5 Å². The molecular formula is C29H29Cl3N2O7S. The first-order valence-electron chi connectivity index (χ1n) is 12.6. The standard InChI is InChI=1S/C29H29Cl3N2O7S/c1-6-24(42(39,40)17-9-7-15(2)8-10-17)27(37)33-21-14-23(35)22(13-18(21)30)34-26(36)16-11-19(31)25(20(32)12-16)41-28(38)29(3,4)5/h7-14,24,35H,6H2,1-5H3,(H,33,37)(H,34,36). The van der Waals surface area contributed by atoms with Crippen molar-refractivity contribution in [2.45, 2.75) is 51.2 Å². The van der Waals surface area contributed by atoms with Gasteiger partial charge in [0.05, 0.1) is 36.8 Å². The molecule has 0 saturated heterocycles. The number of phenols is 1. The lowest BCUT2D eigenvalue weighted by Gasteiger charge is -2.18. The van der Waals surface area contributed by atoms with Gasteiger partial charge in [0.15, 0.2) is 15.6 Å². The number of aryl methyl sites for hydroxylation is 1. The van der Waals surface area contributed by atoms with Crippen molar-refractivity contribution in [3.8, 4) is 11.5 Å². The number of benzene rings is 3. The highest BCUT2D eigenvalue weighted by atomic mass is 35.5. The van der Waals surface area contributed by atoms with Gasteiger partial charge >= 0.3 is 5.97 Å². The molecule has 42 heavy (non-hydrogen) atoms. The molecule has 9 nitrogen and oxygen atoms in total. The Morgan fingerprint density at radius 2 is 1.48 bits per heavy atom. The Bertz CT molecular complexity index is 1630. The number of carbonyl (C=O) groups excluding carboxylic acids is 3. The van der Waals surface area contributed by atoms with E-state index in [0.717, 1.165) is 11.6 Å². The smallest absolute Gasteiger partial charge is 0.316 e. The zero-order valence-electron chi connectivity index (χ0n) is 23.3. The molecule has 3 aromatic rings. The molecule has 0 aliphatic heterocycles. The molecule has 13 heteroatoms. The van der Waals surface area contributed by atoms with Gasteiger partial charge in [-0.2, -0.15) is 0 Å². The summed E-state index contributed by atoms with van der Waals surface area (Å²) >= 11 is 18.8. The van der Waals surface area contributed by atoms with Crippen LogP contribution in [0.2, 0.25) is 15.1 Å². The normalized spacial score (nSPS) is 12.4. The maximum atomic E-state index is 13.1. The van der Waals surface area contributed by atoms with Gasteiger partial charge in [0.2, 0.25) is 5.91 Å². The van der Waals surface area contributed by atoms with E-state index in [0.29, 0.717) is 0 Å². The summed E-state index contributed by atoms with van der Waals surface area (Å²) in [4.78, 5) is 38.1. The van der Waals surface area contributed by atoms with Gasteiger partial charge in [0.1, 0.15) is 11.0 Å². The summed E-state index contributed by atoms with van der Waals surface area (Å²) < 4.78 is 31.5. The quantitative estimate of drug-likeness (QED) is 0.134. The Kier molecular flexibility index (Phi) is 10.2. The van der Waals surface area contributed by atoms with Crippen molar-refractivity contribution < 1.29 is 32.6 Å². The lowest BCUT2D eigenvalue weighted by molar-refractivity contribution is -0.143. The van der Waals surface area contributed by atoms with Gasteiger partial charge < -0.3 is 20.5 Å². The van der Waals surface area contributed by atoms with Crippen molar-refractivity contribution in [1.29, 1.82) is 0 Å². The van der Waals surface area contributed by atoms with Crippen molar-refractivity contribution in [1.82, 2.24) is 0 Å². The van der Waals surface area contributed by atoms with E-state index in [1.165, 1.54) is 30.3 Å². The van der Waals surface area contributed by atoms with Gasteiger partial charge in [-0.25, -0.2) is 8.42 Å². The minimum atomic E-state index is -4.01. The average Bonchev–Trinajstić information content (AvgIpc) is 2.88. The molecule has 0 aromatic heterocycles. The predicted molar refractivity (Wildman–Crippen MR) is 164 cm³/mol. The highest BCUT2D eigenvalue weighted by molar-refractivity contribution is 7.92. The van der Waals surface area contributed by atoms with Crippen molar-refractivity contribution in [3.05, 3.63) is 74.7 Å². The maximum absolute atomic E-state index is 13.1. The summed E-state index contributed by atoms with van der Waals surface area (Å²) in [5, 5.41) is 13.8. The zero-order valence-corrected chi connectivity index (χ0v) is 26.4. The maximum Gasteiger partial charge on any atom is 0.316 e. The molecule has 3 N–H and O–H groups in total. The van der Waals surface area contributed by atoms with Crippen molar-refractivity contribution in [2.24, 2.45) is 5.41 Å². The number of halogens is 3. The van der Waals surface area contributed by atoms with Crippen molar-refractivity contribution >= 4 is 73.8 Å². The number of ether oxygens (including phenoxy) is 1. The molecule has 0 aliphatic carbocycles. The molecule has 0 spiro atoms. The van der Waals surface area contributed by atoms with Crippen LogP contribution >= 0.6 is 34.8 Å². The van der Waals surface area contributed by atoms with Gasteiger partial charge in [-0.15, -0.1) is 0 Å². The minimum Gasteiger partial charge on any atom is -0.506 e. The molecule has 0 heterocycles. The first-order valence-corrected chi connectivity index (χ1v) is 15.3. The SMILES string of the molecule is CCC(C(=O)Nc1cc(O)c(NC(=O)c2cc(Cl)c(OC(=O)C(C)(C)C)c(Cl)c2)cc1Cl)S(=O)(=O)c1ccc(C)cc1. The number of anilines is 2. The third kappa shape index (κ3) is 7.55. The fraction of sp³-hybridized carbons (Fsp3) is 0.276. The largest absolute Gasteiger partial charge is 0.506 e. The zero-order chi connectivity index (χ0) is 31.6. The van der Waals surface area contributed by atoms with Crippen LogP contribution in [0.15, 0.2) is 53.4 Å². The van der Waals surface area contributed by atoms with E-state index in [1.54, 1.807) is 39.8 Å². The number of amides is 2. The van der Waals surface area contributed by atoms with Crippen LogP contribution in [-0.2, 0) is 19.4 Å². The van der Waals surface area contributed by atoms with Crippen LogP contribution in [0.25, 0.3) is 0 Å². The predicted octanol–water partition coefficient (Wildman–Crippen LogP) is 7.06. The first-order chi connectivity index (χ1) is 19.4. The summed E-state index contributed by atoms with van der Waals surface area (Å²) in [5.41, 5.74) is -0.146. The molecule has 1 unspecified atom stereocenters. The molecule has 224 valence electrons. The number of phenolic OH excluding ortho intramolecular Hbond substituents is 1. The number of nitrogens with one attached hydrogen (secondary N) is 2. The number of carbonyl (C=O) groups is 3. The fourth-order valence-corrected chi connectivity index (χ4v) is 6.04. The van der Waals surface area contributed by atoms with E-state index in [9.17, 15) is 27.9 Å². The third-order valence-electron chi connectivity index (χ3n) is 6.05. The molecule has 2 amide bonds. The number of sulfone groups is 1. The molecular weight excluding hydrogens is 627 g/mol. The summed E-state index contributed by atoms with van der Waals surface area (Å²) in [7, 11) is -4.01. The van der Waals surface area contributed by atoms with Crippen LogP contribution in [-0.4, -0.2) is 36.6 Å². The Labute approximate surface area is 259 Å². The average molecular weight is 656 g/mol. The lowest BCUT2D eigenvalue weighted by atomic mass is 9.97. The Balaban J connectivity index is 1.79. The summed E-state index contributed by atoms with van der Waals surface area (Å²) in [6.07, 6.45) is -0.0148. The topological polar surface area (TPSA) is 139 Å². The molecule has 3 aromatic carbocycles. The van der Waals surface area contributed by atoms with E-state index < -0.39 is 44.0 Å². The van der Waals surface area contributed by atoms with E-state index in [-0.39, 0.29) is 49.1 Å². The van der Waals surface area contributed by atoms with Gasteiger partial charge in [0, 0.05) is 11.6 Å². The molecule has 3 rings (SSSR count). The molecule has 0 fully saturated rings. The summed E-state index contributed by atoms with van der Waals surface area (Å²) in [6, 6.07) is 10.9. The van der Waals surface area contributed by atoms with Crippen LogP contribution in [0, 0.1) is 12.3 Å². The Morgan fingerprint density at radius 1 is 0.905 bits per heavy atom. The molecule has 0 radical (unpaired) electrons. The number of rotatable bonds is 8. The first kappa shape index (κ1) is 33.2. The Morgan fingerprint density at radius 3 is 2.00 bits per heavy atom. The number of aromatic hydroxyl groups is 1. The monoisotopic (exact) mass is 654 g/mol. The third-order valence-corrected chi connectivity index (χ3v) is 9.15. The second-order valence-corrected chi connectivity index (χ2v) is 13.8. The highest BCUT2D eigenvalue weighted by Crippen LogP contribution is 2.38. The van der Waals surface area contributed by atoms with Crippen molar-refractivity contribution in [2.75, 3.05) is 10.6 Å². The Hall–Kier alpha value is -3.31. The molecule has 0 aliphatic rings. The number of hydrogen-bond acceptors (Lipinski definition) is 7. The molecule has 1 atom stereocenters. The minimum absolute atomic E-state index is 0.00251. The van der Waals surface area contributed by atoms with Crippen LogP contribution in [0.5, 0.6) is 11.5 Å². The fourth-order valence-electron chi connectivity index (χ4n) is 3.64. The number of hydrogen-bond donors (Lipinski definition) is 3. The van der Waals surface area contributed by atoms with Gasteiger partial charge in [-0.05, 0) is 64.4 Å². The van der Waals surface area contributed by atoms with Crippen LogP contribution in [0.3, 0.4) is 0 Å². The number of esters is 1. The highest BCUT2D eigenvalue weighted by Gasteiger charge is 2.33. The van der Waals surface area contributed by atoms with Crippen LogP contribution in [0.1, 0.15) is 50.0 Å². The van der Waals surface area contributed by atoms with E-state index >= 15 is 0 Å². The van der Waals surface area contributed by atoms with E-state index in [2.05, 4.69) is 10.6 Å². The van der Waals surface area contributed by atoms with Crippen LogP contribution in [0.4, 0.5) is 11.4 Å². The molecule has 0 bridgehead atoms. The lowest BCUT2D eigenvalue weighted by Crippen LogP contribution is -2.34. The summed E-state index contributed by atoms with van der Waals surface area (Å²) in [6.45, 7) is 8.34. The van der Waals surface area contributed by atoms with Crippen LogP contribution < -0.4 is 15.4 Å². The van der Waals surface area contributed by atoms with Gasteiger partial charge in [-0.1, -0.05) is 59.4 Å².